The Labute approximate surface area is 120 Å². The van der Waals surface area contributed by atoms with E-state index in [-0.39, 0.29) is 21.9 Å². The van der Waals surface area contributed by atoms with Crippen molar-refractivity contribution in [3.05, 3.63) is 29.3 Å². The van der Waals surface area contributed by atoms with Crippen LogP contribution in [0.1, 0.15) is 24.0 Å². The van der Waals surface area contributed by atoms with E-state index >= 15 is 0 Å². The molecule has 112 valence electrons. The van der Waals surface area contributed by atoms with E-state index in [1.807, 2.05) is 0 Å². The van der Waals surface area contributed by atoms with Gasteiger partial charge in [-0.05, 0) is 37.5 Å². The Balaban J connectivity index is 2.32. The third-order valence-corrected chi connectivity index (χ3v) is 5.30. The molecule has 1 fully saturated rings. The summed E-state index contributed by atoms with van der Waals surface area (Å²) in [7, 11) is -3.97. The second kappa shape index (κ2) is 5.20. The normalized spacial score (nSPS) is 23.4. The van der Waals surface area contributed by atoms with E-state index in [0.717, 1.165) is 19.1 Å². The summed E-state index contributed by atoms with van der Waals surface area (Å²) in [5.41, 5.74) is -1.24. The minimum atomic E-state index is -4.58. The molecule has 0 unspecified atom stereocenters. The second-order valence-corrected chi connectivity index (χ2v) is 7.11. The number of hydrogen-bond donors (Lipinski definition) is 1. The first-order valence-electron chi connectivity index (χ1n) is 5.94. The predicted molar refractivity (Wildman–Crippen MR) is 69.2 cm³/mol. The van der Waals surface area contributed by atoms with Crippen molar-refractivity contribution in [1.29, 1.82) is 0 Å². The Morgan fingerprint density at radius 1 is 1.30 bits per heavy atom. The average molecular weight is 328 g/mol. The molecule has 0 aromatic heterocycles. The van der Waals surface area contributed by atoms with Crippen LogP contribution in [0.4, 0.5) is 13.2 Å². The van der Waals surface area contributed by atoms with Crippen molar-refractivity contribution in [1.82, 2.24) is 4.72 Å². The molecule has 0 spiro atoms. The van der Waals surface area contributed by atoms with Crippen LogP contribution in [0.5, 0.6) is 0 Å². The Morgan fingerprint density at radius 3 is 2.40 bits per heavy atom. The molecule has 1 saturated carbocycles. The van der Waals surface area contributed by atoms with Gasteiger partial charge in [0.1, 0.15) is 0 Å². The number of hydrogen-bond acceptors (Lipinski definition) is 2. The summed E-state index contributed by atoms with van der Waals surface area (Å²) in [5.74, 6) is 0. The Bertz CT molecular complexity index is 610. The maximum absolute atomic E-state index is 12.8. The zero-order valence-electron chi connectivity index (χ0n) is 10.5. The molecule has 8 heteroatoms. The molecule has 0 radical (unpaired) electrons. The highest BCUT2D eigenvalue weighted by Gasteiger charge is 2.36. The molecular formula is C12H13ClF3NO2S. The minimum Gasteiger partial charge on any atom is -0.208 e. The number of nitrogens with one attached hydrogen (secondary N) is 1. The van der Waals surface area contributed by atoms with Crippen LogP contribution in [0.25, 0.3) is 0 Å². The van der Waals surface area contributed by atoms with Gasteiger partial charge in [-0.25, -0.2) is 13.1 Å². The fourth-order valence-corrected chi connectivity index (χ4v) is 4.10. The molecule has 3 nitrogen and oxygen atoms in total. The van der Waals surface area contributed by atoms with Gasteiger partial charge in [-0.15, -0.1) is 11.6 Å². The Morgan fingerprint density at radius 2 is 1.90 bits per heavy atom. The molecule has 1 aromatic carbocycles. The van der Waals surface area contributed by atoms with Gasteiger partial charge in [-0.2, -0.15) is 13.2 Å². The third-order valence-electron chi connectivity index (χ3n) is 3.28. The maximum atomic E-state index is 12.8. The lowest BCUT2D eigenvalue weighted by molar-refractivity contribution is -0.138. The quantitative estimate of drug-likeness (QED) is 0.867. The molecule has 1 N–H and O–H groups in total. The second-order valence-electron chi connectivity index (χ2n) is 4.81. The van der Waals surface area contributed by atoms with Gasteiger partial charge >= 0.3 is 6.18 Å². The third kappa shape index (κ3) is 3.10. The van der Waals surface area contributed by atoms with Gasteiger partial charge < -0.3 is 0 Å². The fourth-order valence-electron chi connectivity index (χ4n) is 2.14. The summed E-state index contributed by atoms with van der Waals surface area (Å²) in [6, 6.07) is 2.82. The molecule has 2 rings (SSSR count). The van der Waals surface area contributed by atoms with Gasteiger partial charge in [0, 0.05) is 11.4 Å². The molecule has 20 heavy (non-hydrogen) atoms. The zero-order valence-corrected chi connectivity index (χ0v) is 12.1. The van der Waals surface area contributed by atoms with Crippen molar-refractivity contribution in [2.45, 2.75) is 42.3 Å². The van der Waals surface area contributed by atoms with Crippen molar-refractivity contribution in [2.75, 3.05) is 0 Å². The van der Waals surface area contributed by atoms with E-state index in [2.05, 4.69) is 4.72 Å². The molecule has 0 atom stereocenters. The van der Waals surface area contributed by atoms with Crippen LogP contribution in [0.15, 0.2) is 23.1 Å². The molecule has 0 bridgehead atoms. The van der Waals surface area contributed by atoms with Crippen LogP contribution in [-0.2, 0) is 16.2 Å². The molecule has 0 aliphatic heterocycles. The number of halogens is 4. The molecule has 0 heterocycles. The van der Waals surface area contributed by atoms with Crippen LogP contribution in [0.3, 0.4) is 0 Å². The Hall–Kier alpha value is -0.790. The fraction of sp³-hybridized carbons (Fsp3) is 0.500. The van der Waals surface area contributed by atoms with E-state index in [1.165, 1.54) is 6.07 Å². The lowest BCUT2D eigenvalue weighted by Gasteiger charge is -2.31. The van der Waals surface area contributed by atoms with E-state index in [0.29, 0.717) is 12.8 Å². The predicted octanol–water partition coefficient (Wildman–Crippen LogP) is 3.06. The van der Waals surface area contributed by atoms with Crippen LogP contribution < -0.4 is 4.72 Å². The summed E-state index contributed by atoms with van der Waals surface area (Å²) < 4.78 is 64.9. The topological polar surface area (TPSA) is 46.2 Å². The molecule has 1 aliphatic rings. The van der Waals surface area contributed by atoms with Crippen LogP contribution in [0.2, 0.25) is 0 Å². The van der Waals surface area contributed by atoms with Crippen molar-refractivity contribution in [3.8, 4) is 0 Å². The van der Waals surface area contributed by atoms with Crippen LogP contribution in [-0.4, -0.2) is 19.8 Å². The maximum Gasteiger partial charge on any atom is 0.416 e. The summed E-state index contributed by atoms with van der Waals surface area (Å²) in [5, 5.41) is -0.0784. The number of alkyl halides is 4. The molecule has 0 saturated heterocycles. The number of sulfonamides is 1. The lowest BCUT2D eigenvalue weighted by Crippen LogP contribution is -2.45. The lowest BCUT2D eigenvalue weighted by atomic mass is 9.94. The summed E-state index contributed by atoms with van der Waals surface area (Å²) >= 11 is 5.75. The monoisotopic (exact) mass is 327 g/mol. The van der Waals surface area contributed by atoms with Crippen molar-refractivity contribution in [3.63, 3.8) is 0 Å². The van der Waals surface area contributed by atoms with Gasteiger partial charge in [0.05, 0.1) is 10.5 Å². The number of rotatable bonds is 3. The smallest absolute Gasteiger partial charge is 0.208 e. The minimum absolute atomic E-state index is 0.0784. The van der Waals surface area contributed by atoms with Crippen LogP contribution in [0, 0.1) is 6.92 Å². The highest BCUT2D eigenvalue weighted by molar-refractivity contribution is 7.89. The summed E-state index contributed by atoms with van der Waals surface area (Å²) in [6.45, 7) is 1.16. The first-order chi connectivity index (χ1) is 9.11. The SMILES string of the molecule is Cc1c(C(F)(F)F)cccc1S(=O)(=O)NC1CC(Cl)C1. The van der Waals surface area contributed by atoms with E-state index in [1.54, 1.807) is 0 Å². The zero-order chi connectivity index (χ0) is 15.1. The van der Waals surface area contributed by atoms with E-state index in [4.69, 9.17) is 11.6 Å². The molecule has 1 aromatic rings. The molecular weight excluding hydrogens is 315 g/mol. The van der Waals surface area contributed by atoms with Gasteiger partial charge in [0.2, 0.25) is 10.0 Å². The van der Waals surface area contributed by atoms with Crippen LogP contribution >= 0.6 is 11.6 Å². The van der Waals surface area contributed by atoms with Crippen molar-refractivity contribution in [2.24, 2.45) is 0 Å². The molecule has 1 aliphatic carbocycles. The van der Waals surface area contributed by atoms with Gasteiger partial charge in [-0.1, -0.05) is 6.07 Å². The summed E-state index contributed by atoms with van der Waals surface area (Å²) in [4.78, 5) is -0.342. The van der Waals surface area contributed by atoms with Gasteiger partial charge in [-0.3, -0.25) is 0 Å². The van der Waals surface area contributed by atoms with Gasteiger partial charge in [0.25, 0.3) is 0 Å². The average Bonchev–Trinajstić information content (AvgIpc) is 2.25. The summed E-state index contributed by atoms with van der Waals surface area (Å²) in [6.07, 6.45) is -3.61. The van der Waals surface area contributed by atoms with E-state index in [9.17, 15) is 21.6 Å². The van der Waals surface area contributed by atoms with Gasteiger partial charge in [0.15, 0.2) is 0 Å². The number of benzene rings is 1. The standard InChI is InChI=1S/C12H13ClF3NO2S/c1-7-10(12(14,15)16)3-2-4-11(7)20(18,19)17-9-5-8(13)6-9/h2-4,8-9,17H,5-6H2,1H3. The largest absolute Gasteiger partial charge is 0.416 e. The molecule has 0 amide bonds. The Kier molecular flexibility index (Phi) is 4.05. The highest BCUT2D eigenvalue weighted by Crippen LogP contribution is 2.34. The van der Waals surface area contributed by atoms with Crippen molar-refractivity contribution >= 4 is 21.6 Å². The van der Waals surface area contributed by atoms with E-state index < -0.39 is 21.8 Å². The first kappa shape index (κ1) is 15.6. The van der Waals surface area contributed by atoms with Crippen molar-refractivity contribution < 1.29 is 21.6 Å². The first-order valence-corrected chi connectivity index (χ1v) is 7.86. The highest BCUT2D eigenvalue weighted by atomic mass is 35.5.